The van der Waals surface area contributed by atoms with Crippen molar-refractivity contribution in [2.75, 3.05) is 10.2 Å². The number of rotatable bonds is 14. The van der Waals surface area contributed by atoms with E-state index in [-0.39, 0.29) is 12.0 Å². The van der Waals surface area contributed by atoms with Gasteiger partial charge in [0.1, 0.15) is 0 Å². The lowest BCUT2D eigenvalue weighted by molar-refractivity contribution is 0.742. The molecule has 10 aromatic rings. The van der Waals surface area contributed by atoms with Gasteiger partial charge in [0.05, 0.1) is 6.04 Å². The van der Waals surface area contributed by atoms with Crippen molar-refractivity contribution in [1.29, 1.82) is 0 Å². The third kappa shape index (κ3) is 11.1. The molecule has 0 aliphatic heterocycles. The van der Waals surface area contributed by atoms with Crippen molar-refractivity contribution in [1.82, 2.24) is 0 Å². The summed E-state index contributed by atoms with van der Waals surface area (Å²) in [5, 5.41) is 3.94. The van der Waals surface area contributed by atoms with Gasteiger partial charge in [0.25, 0.3) is 0 Å². The molecule has 13 rings (SSSR count). The number of nitrogens with one attached hydrogen (secondary N) is 1. The second kappa shape index (κ2) is 23.2. The van der Waals surface area contributed by atoms with Crippen LogP contribution in [0.3, 0.4) is 0 Å². The molecule has 3 aliphatic rings. The first-order valence-corrected chi connectivity index (χ1v) is 28.6. The summed E-state index contributed by atoms with van der Waals surface area (Å²) in [4.78, 5) is 2.37. The van der Waals surface area contributed by atoms with Gasteiger partial charge in [-0.1, -0.05) is 243 Å². The Bertz CT molecular complexity index is 3880. The maximum atomic E-state index is 3.94. The lowest BCUT2D eigenvalue weighted by Gasteiger charge is -2.29. The van der Waals surface area contributed by atoms with Crippen molar-refractivity contribution in [3.8, 4) is 55.6 Å². The Morgan fingerprint density at radius 2 is 0.800 bits per heavy atom. The number of hydrogen-bond acceptors (Lipinski definition) is 2. The highest BCUT2D eigenvalue weighted by Crippen LogP contribution is 2.40. The predicted molar refractivity (Wildman–Crippen MR) is 341 cm³/mol. The first-order chi connectivity index (χ1) is 39.6. The van der Waals surface area contributed by atoms with Gasteiger partial charge in [-0.15, -0.1) is 0 Å². The molecule has 0 spiro atoms. The minimum absolute atomic E-state index is 0.0462. The lowest BCUT2D eigenvalue weighted by Crippen LogP contribution is -2.26. The van der Waals surface area contributed by atoms with Crippen LogP contribution in [0.15, 0.2) is 297 Å². The zero-order valence-corrected chi connectivity index (χ0v) is 45.1. The van der Waals surface area contributed by atoms with Crippen LogP contribution in [0.5, 0.6) is 0 Å². The van der Waals surface area contributed by atoms with Crippen LogP contribution in [-0.2, 0) is 0 Å². The van der Waals surface area contributed by atoms with Crippen LogP contribution in [-0.4, -0.2) is 6.04 Å². The van der Waals surface area contributed by atoms with E-state index in [1.807, 2.05) is 0 Å². The maximum Gasteiger partial charge on any atom is 0.0551 e. The number of benzene rings is 10. The van der Waals surface area contributed by atoms with Gasteiger partial charge in [-0.2, -0.15) is 0 Å². The molecule has 2 nitrogen and oxygen atoms in total. The first-order valence-electron chi connectivity index (χ1n) is 28.6. The van der Waals surface area contributed by atoms with Gasteiger partial charge in [0.2, 0.25) is 0 Å². The molecule has 0 saturated heterocycles. The molecule has 0 aromatic heterocycles. The summed E-state index contributed by atoms with van der Waals surface area (Å²) in [6.45, 7) is 0. The molecule has 0 radical (unpaired) electrons. The highest BCUT2D eigenvalue weighted by molar-refractivity contribution is 5.84. The van der Waals surface area contributed by atoms with E-state index < -0.39 is 0 Å². The smallest absolute Gasteiger partial charge is 0.0551 e. The molecule has 2 heteroatoms. The first kappa shape index (κ1) is 50.0. The van der Waals surface area contributed by atoms with E-state index in [2.05, 4.69) is 308 Å². The summed E-state index contributed by atoms with van der Waals surface area (Å²) in [6, 6.07) is 93.6. The van der Waals surface area contributed by atoms with Gasteiger partial charge in [-0.25, -0.2) is 0 Å². The summed E-state index contributed by atoms with van der Waals surface area (Å²) in [6.07, 6.45) is 23.5. The van der Waals surface area contributed by atoms with Crippen molar-refractivity contribution >= 4 is 39.5 Å². The second-order valence-electron chi connectivity index (χ2n) is 21.4. The molecule has 3 aliphatic carbocycles. The number of allylic oxidation sites excluding steroid dienone is 8. The van der Waals surface area contributed by atoms with Crippen molar-refractivity contribution in [2.45, 2.75) is 50.5 Å². The Balaban J connectivity index is 0.760. The normalized spacial score (nSPS) is 15.8. The number of anilines is 4. The van der Waals surface area contributed by atoms with Crippen LogP contribution in [0.1, 0.15) is 66.7 Å². The van der Waals surface area contributed by atoms with E-state index in [1.54, 1.807) is 0 Å². The molecular formula is C78H64N2. The molecule has 0 fully saturated rings. The zero-order valence-electron chi connectivity index (χ0n) is 45.1. The third-order valence-corrected chi connectivity index (χ3v) is 16.3. The molecule has 2 atom stereocenters. The Hall–Kier alpha value is -9.50. The van der Waals surface area contributed by atoms with Gasteiger partial charge < -0.3 is 10.2 Å². The zero-order chi connectivity index (χ0) is 53.5. The molecule has 1 N–H and O–H groups in total. The Labute approximate surface area is 472 Å². The Morgan fingerprint density at radius 1 is 0.338 bits per heavy atom. The average molecular weight is 1030 g/mol. The molecule has 2 unspecified atom stereocenters. The summed E-state index contributed by atoms with van der Waals surface area (Å²) < 4.78 is 0. The standard InChI is InChI=1S/C78H64N2/c1-5-14-56(15-6-1)60-24-28-63(29-25-60)66-38-47-74(48-39-66)80(75-49-40-67(41-50-75)64-30-26-61(27-31-64)57-16-7-2-8-17-57)76-51-42-68(43-52-76)65-36-45-73(46-37-65)79-78-53-44-72(71-23-13-22-70(54-71)59-20-11-4-12-21-59)55-77(78)69-34-32-62(33-35-69)58-18-9-3-10-19-58/h3-5,9-16,18-55,77-79H,1-2,6-8,17H2. The van der Waals surface area contributed by atoms with Gasteiger partial charge in [0.15, 0.2) is 0 Å². The van der Waals surface area contributed by atoms with Crippen molar-refractivity contribution in [2.24, 2.45) is 0 Å². The average Bonchev–Trinajstić information content (AvgIpc) is 3.56. The largest absolute Gasteiger partial charge is 0.378 e. The molecule has 0 saturated carbocycles. The number of hydrogen-bond donors (Lipinski definition) is 1. The van der Waals surface area contributed by atoms with E-state index >= 15 is 0 Å². The van der Waals surface area contributed by atoms with Gasteiger partial charge in [-0.05, 0) is 188 Å². The van der Waals surface area contributed by atoms with E-state index in [0.29, 0.717) is 0 Å². The van der Waals surface area contributed by atoms with Crippen LogP contribution >= 0.6 is 0 Å². The van der Waals surface area contributed by atoms with E-state index in [4.69, 9.17) is 0 Å². The molecular weight excluding hydrogens is 965 g/mol. The quantitative estimate of drug-likeness (QED) is 0.117. The maximum absolute atomic E-state index is 3.94. The Morgan fingerprint density at radius 3 is 1.32 bits per heavy atom. The molecule has 0 amide bonds. The van der Waals surface area contributed by atoms with Crippen molar-refractivity contribution < 1.29 is 0 Å². The Kier molecular flexibility index (Phi) is 14.5. The van der Waals surface area contributed by atoms with Crippen LogP contribution in [0.25, 0.3) is 72.4 Å². The van der Waals surface area contributed by atoms with Crippen LogP contribution < -0.4 is 10.2 Å². The van der Waals surface area contributed by atoms with Gasteiger partial charge in [0, 0.05) is 28.7 Å². The predicted octanol–water partition coefficient (Wildman–Crippen LogP) is 21.4. The van der Waals surface area contributed by atoms with Crippen molar-refractivity contribution in [3.63, 3.8) is 0 Å². The highest BCUT2D eigenvalue weighted by atomic mass is 15.1. The topological polar surface area (TPSA) is 15.3 Å². The summed E-state index contributed by atoms with van der Waals surface area (Å²) >= 11 is 0. The summed E-state index contributed by atoms with van der Waals surface area (Å²) in [5.74, 6) is 0.104. The SMILES string of the molecule is C1=CC(c2ccc(-c3ccc(N(c4ccc(-c5ccc(NC6C=CC(c7cccc(-c8ccccc8)c7)=CC6c6ccc(-c7ccccc7)cc6)cc5)cc4)c4ccc(-c5ccc(C6=CCCCC6)cc5)cc4)cc3)cc2)=CCC1. The molecule has 0 heterocycles. The van der Waals surface area contributed by atoms with E-state index in [1.165, 1.54) is 120 Å². The minimum Gasteiger partial charge on any atom is -0.378 e. The highest BCUT2D eigenvalue weighted by Gasteiger charge is 2.24. The molecule has 386 valence electrons. The molecule has 80 heavy (non-hydrogen) atoms. The fraction of sp³-hybridized carbons (Fsp3) is 0.103. The van der Waals surface area contributed by atoms with Gasteiger partial charge in [-0.3, -0.25) is 0 Å². The molecule has 10 aromatic carbocycles. The monoisotopic (exact) mass is 1030 g/mol. The van der Waals surface area contributed by atoms with E-state index in [0.717, 1.165) is 35.6 Å². The summed E-state index contributed by atoms with van der Waals surface area (Å²) in [7, 11) is 0. The van der Waals surface area contributed by atoms with Crippen molar-refractivity contribution in [3.05, 3.63) is 320 Å². The van der Waals surface area contributed by atoms with Crippen LogP contribution in [0, 0.1) is 0 Å². The minimum atomic E-state index is 0.0462. The van der Waals surface area contributed by atoms with E-state index in [9.17, 15) is 0 Å². The lowest BCUT2D eigenvalue weighted by atomic mass is 9.83. The third-order valence-electron chi connectivity index (χ3n) is 16.3. The fourth-order valence-electron chi connectivity index (χ4n) is 11.8. The van der Waals surface area contributed by atoms with Crippen LogP contribution in [0.2, 0.25) is 0 Å². The summed E-state index contributed by atoms with van der Waals surface area (Å²) in [5.41, 5.74) is 25.6. The fourth-order valence-corrected chi connectivity index (χ4v) is 11.8. The molecule has 0 bridgehead atoms. The van der Waals surface area contributed by atoms with Gasteiger partial charge >= 0.3 is 0 Å². The number of nitrogens with zero attached hydrogens (tertiary/aromatic N) is 1. The second-order valence-corrected chi connectivity index (χ2v) is 21.4. The van der Waals surface area contributed by atoms with Crippen LogP contribution in [0.4, 0.5) is 22.7 Å².